The number of carbonyl (C=O) groups excluding carboxylic acids is 1. The van der Waals surface area contributed by atoms with Crippen molar-refractivity contribution >= 4 is 35.6 Å². The standard InChI is InChI=1S/C23H30N2O3S.ClH/c1-4-29-23-8-6-5-7-19(23)25-15-13-24(14-16-25)12-11-20(26)18-9-10-21(27-2)22(17-18)28-3;/h5-10,17H,4,11-16H2,1-3H3;1H. The first kappa shape index (κ1) is 24.4. The van der Waals surface area contributed by atoms with Gasteiger partial charge >= 0.3 is 0 Å². The van der Waals surface area contributed by atoms with Gasteiger partial charge in [-0.1, -0.05) is 19.1 Å². The van der Waals surface area contributed by atoms with E-state index in [0.29, 0.717) is 23.5 Å². The molecule has 0 atom stereocenters. The number of thioether (sulfide) groups is 1. The molecular formula is C23H31ClN2O3S. The number of carbonyl (C=O) groups is 1. The first-order valence-electron chi connectivity index (χ1n) is 10.1. The van der Waals surface area contributed by atoms with Gasteiger partial charge in [-0.15, -0.1) is 24.2 Å². The lowest BCUT2D eigenvalue weighted by Crippen LogP contribution is -2.47. The number of para-hydroxylation sites is 1. The van der Waals surface area contributed by atoms with Gasteiger partial charge in [-0.2, -0.15) is 0 Å². The molecular weight excluding hydrogens is 420 g/mol. The Labute approximate surface area is 190 Å². The molecule has 1 aliphatic heterocycles. The highest BCUT2D eigenvalue weighted by atomic mass is 35.5. The lowest BCUT2D eigenvalue weighted by atomic mass is 10.1. The largest absolute Gasteiger partial charge is 0.493 e. The van der Waals surface area contributed by atoms with Crippen LogP contribution in [0.2, 0.25) is 0 Å². The summed E-state index contributed by atoms with van der Waals surface area (Å²) in [5, 5.41) is 0. The summed E-state index contributed by atoms with van der Waals surface area (Å²) in [6.45, 7) is 6.91. The third kappa shape index (κ3) is 6.06. The Morgan fingerprint density at radius 2 is 1.70 bits per heavy atom. The van der Waals surface area contributed by atoms with Crippen LogP contribution in [0.1, 0.15) is 23.7 Å². The lowest BCUT2D eigenvalue weighted by molar-refractivity contribution is 0.0962. The molecule has 2 aromatic carbocycles. The monoisotopic (exact) mass is 450 g/mol. The zero-order chi connectivity index (χ0) is 20.6. The van der Waals surface area contributed by atoms with Crippen molar-refractivity contribution in [3.05, 3.63) is 48.0 Å². The minimum Gasteiger partial charge on any atom is -0.493 e. The normalized spacial score (nSPS) is 14.2. The topological polar surface area (TPSA) is 42.0 Å². The van der Waals surface area contributed by atoms with Crippen molar-refractivity contribution < 1.29 is 14.3 Å². The van der Waals surface area contributed by atoms with Gasteiger partial charge in [0.2, 0.25) is 0 Å². The quantitative estimate of drug-likeness (QED) is 0.409. The van der Waals surface area contributed by atoms with Gasteiger partial charge in [0, 0.05) is 49.6 Å². The number of nitrogens with zero attached hydrogens (tertiary/aromatic N) is 2. The average molecular weight is 451 g/mol. The van der Waals surface area contributed by atoms with E-state index in [1.54, 1.807) is 26.4 Å². The van der Waals surface area contributed by atoms with Crippen LogP contribution < -0.4 is 14.4 Å². The molecule has 0 unspecified atom stereocenters. The Balaban J connectivity index is 0.00000320. The van der Waals surface area contributed by atoms with Crippen LogP contribution in [-0.2, 0) is 0 Å². The van der Waals surface area contributed by atoms with E-state index in [1.165, 1.54) is 10.6 Å². The van der Waals surface area contributed by atoms with Gasteiger partial charge in [-0.3, -0.25) is 9.69 Å². The van der Waals surface area contributed by atoms with Gasteiger partial charge in [0.05, 0.1) is 19.9 Å². The van der Waals surface area contributed by atoms with Crippen molar-refractivity contribution in [2.24, 2.45) is 0 Å². The molecule has 0 radical (unpaired) electrons. The molecule has 30 heavy (non-hydrogen) atoms. The van der Waals surface area contributed by atoms with E-state index >= 15 is 0 Å². The van der Waals surface area contributed by atoms with Gasteiger partial charge in [-0.25, -0.2) is 0 Å². The van der Waals surface area contributed by atoms with Gasteiger partial charge in [0.25, 0.3) is 0 Å². The van der Waals surface area contributed by atoms with Crippen molar-refractivity contribution in [1.29, 1.82) is 0 Å². The van der Waals surface area contributed by atoms with Crippen molar-refractivity contribution in [3.8, 4) is 11.5 Å². The number of benzene rings is 2. The van der Waals surface area contributed by atoms with E-state index in [-0.39, 0.29) is 18.2 Å². The summed E-state index contributed by atoms with van der Waals surface area (Å²) in [4.78, 5) is 18.8. The van der Waals surface area contributed by atoms with E-state index in [1.807, 2.05) is 17.8 Å². The molecule has 0 bridgehead atoms. The van der Waals surface area contributed by atoms with Crippen LogP contribution in [0.4, 0.5) is 5.69 Å². The molecule has 1 heterocycles. The Kier molecular flexibility index (Phi) is 9.82. The molecule has 0 spiro atoms. The molecule has 1 saturated heterocycles. The molecule has 0 aliphatic carbocycles. The number of rotatable bonds is 9. The zero-order valence-corrected chi connectivity index (χ0v) is 19.6. The van der Waals surface area contributed by atoms with Gasteiger partial charge in [0.15, 0.2) is 17.3 Å². The van der Waals surface area contributed by atoms with Crippen LogP contribution in [0.5, 0.6) is 11.5 Å². The summed E-state index contributed by atoms with van der Waals surface area (Å²) in [5.41, 5.74) is 2.01. The third-order valence-corrected chi connectivity index (χ3v) is 6.18. The van der Waals surface area contributed by atoms with Crippen molar-refractivity contribution in [2.45, 2.75) is 18.2 Å². The molecule has 1 fully saturated rings. The highest BCUT2D eigenvalue weighted by Gasteiger charge is 2.20. The number of hydrogen-bond acceptors (Lipinski definition) is 6. The molecule has 164 valence electrons. The Morgan fingerprint density at radius 1 is 1.00 bits per heavy atom. The number of halogens is 1. The van der Waals surface area contributed by atoms with E-state index in [4.69, 9.17) is 9.47 Å². The Bertz CT molecular complexity index is 826. The van der Waals surface area contributed by atoms with Crippen LogP contribution in [0.25, 0.3) is 0 Å². The summed E-state index contributed by atoms with van der Waals surface area (Å²) in [5.74, 6) is 2.45. The molecule has 0 amide bonds. The number of anilines is 1. The second kappa shape index (κ2) is 12.1. The van der Waals surface area contributed by atoms with Crippen molar-refractivity contribution in [3.63, 3.8) is 0 Å². The van der Waals surface area contributed by atoms with Gasteiger partial charge in [-0.05, 0) is 36.1 Å². The SMILES string of the molecule is CCSc1ccccc1N1CCN(CCC(=O)c2ccc(OC)c(OC)c2)CC1.Cl. The number of methoxy groups -OCH3 is 2. The minimum absolute atomic E-state index is 0. The molecule has 2 aromatic rings. The lowest BCUT2D eigenvalue weighted by Gasteiger charge is -2.36. The third-order valence-electron chi connectivity index (χ3n) is 5.24. The summed E-state index contributed by atoms with van der Waals surface area (Å²) >= 11 is 1.89. The molecule has 1 aliphatic rings. The Hall–Kier alpha value is -1.89. The maximum atomic E-state index is 12.6. The summed E-state index contributed by atoms with van der Waals surface area (Å²) in [6.07, 6.45) is 0.512. The number of piperazine rings is 1. The molecule has 0 aromatic heterocycles. The predicted octanol–water partition coefficient (Wildman–Crippen LogP) is 4.63. The second-order valence-electron chi connectivity index (χ2n) is 6.97. The number of hydrogen-bond donors (Lipinski definition) is 0. The van der Waals surface area contributed by atoms with E-state index in [2.05, 4.69) is 41.0 Å². The summed E-state index contributed by atoms with van der Waals surface area (Å²) in [6, 6.07) is 14.0. The molecule has 7 heteroatoms. The number of ether oxygens (including phenoxy) is 2. The fourth-order valence-electron chi connectivity index (χ4n) is 3.62. The average Bonchev–Trinajstić information content (AvgIpc) is 2.78. The smallest absolute Gasteiger partial charge is 0.164 e. The number of Topliss-reactive ketones (excluding diaryl/α,β-unsaturated/α-hetero) is 1. The fraction of sp³-hybridized carbons (Fsp3) is 0.435. The van der Waals surface area contributed by atoms with Crippen LogP contribution >= 0.6 is 24.2 Å². The van der Waals surface area contributed by atoms with Crippen LogP contribution in [0.3, 0.4) is 0 Å². The van der Waals surface area contributed by atoms with E-state index in [0.717, 1.165) is 38.5 Å². The zero-order valence-electron chi connectivity index (χ0n) is 17.9. The van der Waals surface area contributed by atoms with Crippen LogP contribution in [0.15, 0.2) is 47.4 Å². The van der Waals surface area contributed by atoms with Gasteiger partial charge in [0.1, 0.15) is 0 Å². The molecule has 0 saturated carbocycles. The van der Waals surface area contributed by atoms with Crippen molar-refractivity contribution in [2.75, 3.05) is 57.6 Å². The van der Waals surface area contributed by atoms with Gasteiger partial charge < -0.3 is 14.4 Å². The summed E-state index contributed by atoms with van der Waals surface area (Å²) in [7, 11) is 3.18. The van der Waals surface area contributed by atoms with E-state index in [9.17, 15) is 4.79 Å². The molecule has 5 nitrogen and oxygen atoms in total. The van der Waals surface area contributed by atoms with Crippen LogP contribution in [0, 0.1) is 0 Å². The first-order chi connectivity index (χ1) is 14.2. The Morgan fingerprint density at radius 3 is 2.37 bits per heavy atom. The fourth-order valence-corrected chi connectivity index (χ4v) is 4.45. The predicted molar refractivity (Wildman–Crippen MR) is 127 cm³/mol. The maximum Gasteiger partial charge on any atom is 0.164 e. The van der Waals surface area contributed by atoms with E-state index < -0.39 is 0 Å². The molecule has 3 rings (SSSR count). The van der Waals surface area contributed by atoms with Crippen LogP contribution in [-0.4, -0.2) is 63.4 Å². The highest BCUT2D eigenvalue weighted by molar-refractivity contribution is 7.99. The maximum absolute atomic E-state index is 12.6. The summed E-state index contributed by atoms with van der Waals surface area (Å²) < 4.78 is 10.6. The highest BCUT2D eigenvalue weighted by Crippen LogP contribution is 2.31. The van der Waals surface area contributed by atoms with Crippen molar-refractivity contribution in [1.82, 2.24) is 4.90 Å². The first-order valence-corrected chi connectivity index (χ1v) is 11.1. The molecule has 0 N–H and O–H groups in total. The second-order valence-corrected chi connectivity index (χ2v) is 8.28. The number of ketones is 1. The minimum atomic E-state index is 0.